The van der Waals surface area contributed by atoms with E-state index in [0.29, 0.717) is 19.1 Å². The van der Waals surface area contributed by atoms with E-state index in [1.54, 1.807) is 0 Å². The highest BCUT2D eigenvalue weighted by Crippen LogP contribution is 2.23. The van der Waals surface area contributed by atoms with E-state index < -0.39 is 6.10 Å². The SMILES string of the molecule is Cc1cc(OC[C@@H](O)C[N+](C)(C)C)ccc1C(C)C. The van der Waals surface area contributed by atoms with Crippen LogP contribution in [0.3, 0.4) is 0 Å². The van der Waals surface area contributed by atoms with Crippen LogP contribution in [0.1, 0.15) is 30.9 Å². The minimum absolute atomic E-state index is 0.343. The number of aliphatic hydroxyl groups excluding tert-OH is 1. The van der Waals surface area contributed by atoms with Crippen molar-refractivity contribution in [3.05, 3.63) is 29.3 Å². The van der Waals surface area contributed by atoms with Crippen LogP contribution in [0.5, 0.6) is 5.75 Å². The summed E-state index contributed by atoms with van der Waals surface area (Å²) in [6.45, 7) is 7.51. The second-order valence-electron chi connectivity index (χ2n) is 6.61. The molecule has 0 saturated heterocycles. The number of hydrogen-bond acceptors (Lipinski definition) is 2. The van der Waals surface area contributed by atoms with Gasteiger partial charge < -0.3 is 14.3 Å². The van der Waals surface area contributed by atoms with Crippen molar-refractivity contribution in [2.75, 3.05) is 34.3 Å². The Morgan fingerprint density at radius 2 is 1.84 bits per heavy atom. The van der Waals surface area contributed by atoms with E-state index in [1.807, 2.05) is 12.1 Å². The zero-order valence-corrected chi connectivity index (χ0v) is 13.1. The van der Waals surface area contributed by atoms with Crippen molar-refractivity contribution in [2.24, 2.45) is 0 Å². The van der Waals surface area contributed by atoms with Crippen molar-refractivity contribution >= 4 is 0 Å². The molecule has 1 aromatic carbocycles. The lowest BCUT2D eigenvalue weighted by molar-refractivity contribution is -0.873. The predicted molar refractivity (Wildman–Crippen MR) is 79.7 cm³/mol. The minimum Gasteiger partial charge on any atom is -0.491 e. The van der Waals surface area contributed by atoms with Crippen LogP contribution in [-0.2, 0) is 0 Å². The number of ether oxygens (including phenoxy) is 1. The van der Waals surface area contributed by atoms with Crippen LogP contribution in [0.2, 0.25) is 0 Å². The molecule has 0 heterocycles. The van der Waals surface area contributed by atoms with E-state index in [1.165, 1.54) is 11.1 Å². The molecule has 0 aromatic heterocycles. The molecule has 0 aliphatic rings. The highest BCUT2D eigenvalue weighted by molar-refractivity contribution is 5.36. The number of benzene rings is 1. The predicted octanol–water partition coefficient (Wildman–Crippen LogP) is 2.56. The molecular weight excluding hydrogens is 238 g/mol. The number of quaternary nitrogens is 1. The molecule has 3 heteroatoms. The zero-order chi connectivity index (χ0) is 14.6. The molecule has 108 valence electrons. The monoisotopic (exact) mass is 266 g/mol. The second kappa shape index (κ2) is 6.40. The van der Waals surface area contributed by atoms with Gasteiger partial charge in [-0.3, -0.25) is 0 Å². The Hall–Kier alpha value is -1.06. The average Bonchev–Trinajstić information content (AvgIpc) is 2.23. The molecule has 0 fully saturated rings. The molecule has 0 amide bonds. The fourth-order valence-corrected chi connectivity index (χ4v) is 2.26. The Balaban J connectivity index is 2.57. The maximum Gasteiger partial charge on any atom is 0.137 e. The van der Waals surface area contributed by atoms with E-state index in [-0.39, 0.29) is 0 Å². The molecule has 0 bridgehead atoms. The molecule has 1 rings (SSSR count). The maximum absolute atomic E-state index is 9.92. The topological polar surface area (TPSA) is 29.5 Å². The molecule has 0 radical (unpaired) electrons. The average molecular weight is 266 g/mol. The van der Waals surface area contributed by atoms with Gasteiger partial charge in [0.15, 0.2) is 0 Å². The fraction of sp³-hybridized carbons (Fsp3) is 0.625. The Morgan fingerprint density at radius 1 is 1.21 bits per heavy atom. The summed E-state index contributed by atoms with van der Waals surface area (Å²) < 4.78 is 6.40. The van der Waals surface area contributed by atoms with E-state index in [2.05, 4.69) is 48.0 Å². The summed E-state index contributed by atoms with van der Waals surface area (Å²) in [5, 5.41) is 9.92. The van der Waals surface area contributed by atoms with Crippen LogP contribution in [0, 0.1) is 6.92 Å². The third kappa shape index (κ3) is 5.62. The van der Waals surface area contributed by atoms with Crippen LogP contribution in [0.25, 0.3) is 0 Å². The first-order valence-electron chi connectivity index (χ1n) is 6.91. The van der Waals surface area contributed by atoms with Crippen molar-refractivity contribution in [3.8, 4) is 5.75 Å². The normalized spacial score (nSPS) is 13.7. The third-order valence-electron chi connectivity index (χ3n) is 3.06. The van der Waals surface area contributed by atoms with Crippen LogP contribution >= 0.6 is 0 Å². The van der Waals surface area contributed by atoms with Gasteiger partial charge in [0.05, 0.1) is 21.1 Å². The quantitative estimate of drug-likeness (QED) is 0.802. The summed E-state index contributed by atoms with van der Waals surface area (Å²) in [5.74, 6) is 1.36. The van der Waals surface area contributed by atoms with E-state index in [0.717, 1.165) is 10.2 Å². The molecular formula is C16H28NO2+. The molecule has 0 aliphatic carbocycles. The molecule has 0 unspecified atom stereocenters. The van der Waals surface area contributed by atoms with Gasteiger partial charge in [0.2, 0.25) is 0 Å². The van der Waals surface area contributed by atoms with Gasteiger partial charge in [0.1, 0.15) is 25.0 Å². The first kappa shape index (κ1) is 16.0. The van der Waals surface area contributed by atoms with Gasteiger partial charge >= 0.3 is 0 Å². The lowest BCUT2D eigenvalue weighted by Gasteiger charge is -2.26. The first-order chi connectivity index (χ1) is 8.69. The summed E-state index contributed by atoms with van der Waals surface area (Å²) >= 11 is 0. The van der Waals surface area contributed by atoms with Gasteiger partial charge in [-0.05, 0) is 36.1 Å². The number of nitrogens with zero attached hydrogens (tertiary/aromatic N) is 1. The van der Waals surface area contributed by atoms with Crippen molar-refractivity contribution in [3.63, 3.8) is 0 Å². The summed E-state index contributed by atoms with van der Waals surface area (Å²) in [5.41, 5.74) is 2.59. The van der Waals surface area contributed by atoms with Gasteiger partial charge in [-0.2, -0.15) is 0 Å². The zero-order valence-electron chi connectivity index (χ0n) is 13.1. The standard InChI is InChI=1S/C16H28NO2/c1-12(2)16-8-7-15(9-13(16)3)19-11-14(18)10-17(4,5)6/h7-9,12,14,18H,10-11H2,1-6H3/q+1/t14-/m0/s1. The molecule has 19 heavy (non-hydrogen) atoms. The molecule has 0 spiro atoms. The van der Waals surface area contributed by atoms with Crippen molar-refractivity contribution in [2.45, 2.75) is 32.8 Å². The summed E-state index contributed by atoms with van der Waals surface area (Å²) in [4.78, 5) is 0. The Kier molecular flexibility index (Phi) is 5.39. The largest absolute Gasteiger partial charge is 0.491 e. The Bertz CT molecular complexity index is 408. The molecule has 0 aliphatic heterocycles. The Labute approximate surface area is 117 Å². The highest BCUT2D eigenvalue weighted by Gasteiger charge is 2.16. The van der Waals surface area contributed by atoms with Crippen molar-refractivity contribution in [1.29, 1.82) is 0 Å². The molecule has 0 saturated carbocycles. The van der Waals surface area contributed by atoms with Gasteiger partial charge in [0, 0.05) is 0 Å². The summed E-state index contributed by atoms with van der Waals surface area (Å²) in [6, 6.07) is 6.15. The van der Waals surface area contributed by atoms with Crippen molar-refractivity contribution < 1.29 is 14.3 Å². The lowest BCUT2D eigenvalue weighted by Crippen LogP contribution is -2.43. The van der Waals surface area contributed by atoms with Crippen molar-refractivity contribution in [1.82, 2.24) is 0 Å². The Morgan fingerprint density at radius 3 is 2.32 bits per heavy atom. The van der Waals surface area contributed by atoms with Crippen LogP contribution in [-0.4, -0.2) is 50.0 Å². The first-order valence-corrected chi connectivity index (χ1v) is 6.91. The van der Waals surface area contributed by atoms with Gasteiger partial charge in [-0.1, -0.05) is 19.9 Å². The number of hydrogen-bond donors (Lipinski definition) is 1. The van der Waals surface area contributed by atoms with E-state index in [9.17, 15) is 5.11 Å². The van der Waals surface area contributed by atoms with Gasteiger partial charge in [-0.25, -0.2) is 0 Å². The minimum atomic E-state index is -0.440. The lowest BCUT2D eigenvalue weighted by atomic mass is 9.98. The number of likely N-dealkylation sites (N-methyl/N-ethyl adjacent to an activating group) is 1. The maximum atomic E-state index is 9.92. The van der Waals surface area contributed by atoms with E-state index in [4.69, 9.17) is 4.74 Å². The molecule has 1 atom stereocenters. The molecule has 3 nitrogen and oxygen atoms in total. The number of rotatable bonds is 6. The van der Waals surface area contributed by atoms with Gasteiger partial charge in [0.25, 0.3) is 0 Å². The highest BCUT2D eigenvalue weighted by atomic mass is 16.5. The van der Waals surface area contributed by atoms with Crippen LogP contribution in [0.4, 0.5) is 0 Å². The smallest absolute Gasteiger partial charge is 0.137 e. The van der Waals surface area contributed by atoms with Gasteiger partial charge in [-0.15, -0.1) is 0 Å². The van der Waals surface area contributed by atoms with Crippen LogP contribution < -0.4 is 4.74 Å². The second-order valence-corrected chi connectivity index (χ2v) is 6.61. The fourth-order valence-electron chi connectivity index (χ4n) is 2.26. The number of aryl methyl sites for hydroxylation is 1. The van der Waals surface area contributed by atoms with Crippen LogP contribution in [0.15, 0.2) is 18.2 Å². The summed E-state index contributed by atoms with van der Waals surface area (Å²) in [6.07, 6.45) is -0.440. The van der Waals surface area contributed by atoms with E-state index >= 15 is 0 Å². The summed E-state index contributed by atoms with van der Waals surface area (Å²) in [7, 11) is 6.18. The number of aliphatic hydroxyl groups is 1. The molecule has 1 aromatic rings. The molecule has 1 N–H and O–H groups in total. The third-order valence-corrected chi connectivity index (χ3v) is 3.06.